The Bertz CT molecular complexity index is 444. The summed E-state index contributed by atoms with van der Waals surface area (Å²) in [6.45, 7) is 8.83. The summed E-state index contributed by atoms with van der Waals surface area (Å²) >= 11 is 0. The van der Waals surface area contributed by atoms with Crippen LogP contribution in [0.25, 0.3) is 0 Å². The van der Waals surface area contributed by atoms with Crippen molar-refractivity contribution in [1.29, 1.82) is 0 Å². The molecule has 1 aliphatic carbocycles. The van der Waals surface area contributed by atoms with Crippen LogP contribution in [0.5, 0.6) is 0 Å². The van der Waals surface area contributed by atoms with Crippen molar-refractivity contribution in [3.63, 3.8) is 0 Å². The van der Waals surface area contributed by atoms with E-state index in [1.54, 1.807) is 19.1 Å². The molecule has 5 heteroatoms. The zero-order valence-electron chi connectivity index (χ0n) is 14.0. The zero-order valence-corrected chi connectivity index (χ0v) is 14.0. The number of nitrogens with zero attached hydrogens (tertiary/aromatic N) is 1. The quantitative estimate of drug-likeness (QED) is 0.731. The number of hydrogen-bond donors (Lipinski definition) is 0. The number of oxime groups is 1. The summed E-state index contributed by atoms with van der Waals surface area (Å²) in [5.74, 6) is 1.34. The Balaban J connectivity index is 1.91. The minimum atomic E-state index is -0.519. The van der Waals surface area contributed by atoms with Crippen LogP contribution in [0.1, 0.15) is 47.0 Å². The van der Waals surface area contributed by atoms with Gasteiger partial charge in [0.05, 0.1) is 12.7 Å². The van der Waals surface area contributed by atoms with E-state index in [0.29, 0.717) is 24.4 Å². The molecular formula is C17H27NO4. The summed E-state index contributed by atoms with van der Waals surface area (Å²) < 4.78 is 11.0. The molecule has 124 valence electrons. The Morgan fingerprint density at radius 3 is 2.82 bits per heavy atom. The molecular weight excluding hydrogens is 282 g/mol. The minimum absolute atomic E-state index is 0.178. The third kappa shape index (κ3) is 4.32. The molecule has 2 rings (SSSR count). The molecule has 0 N–H and O–H groups in total. The molecule has 0 aromatic carbocycles. The van der Waals surface area contributed by atoms with E-state index in [2.05, 4.69) is 25.9 Å². The van der Waals surface area contributed by atoms with Gasteiger partial charge in [0.25, 0.3) is 0 Å². The predicted molar refractivity (Wildman–Crippen MR) is 84.3 cm³/mol. The van der Waals surface area contributed by atoms with Gasteiger partial charge in [-0.15, -0.1) is 0 Å². The number of esters is 1. The van der Waals surface area contributed by atoms with E-state index in [-0.39, 0.29) is 11.8 Å². The molecule has 5 nitrogen and oxygen atoms in total. The summed E-state index contributed by atoms with van der Waals surface area (Å²) in [6, 6.07) is 0. The van der Waals surface area contributed by atoms with Crippen LogP contribution in [0, 0.1) is 17.8 Å². The second kappa shape index (κ2) is 7.77. The first-order valence-electron chi connectivity index (χ1n) is 8.25. The number of carbonyl (C=O) groups excluding carboxylic acids is 1. The van der Waals surface area contributed by atoms with Crippen molar-refractivity contribution in [1.82, 2.24) is 0 Å². The van der Waals surface area contributed by atoms with Gasteiger partial charge in [-0.2, -0.15) is 0 Å². The number of ether oxygens (including phenoxy) is 2. The van der Waals surface area contributed by atoms with Crippen LogP contribution in [0.2, 0.25) is 0 Å². The third-order valence-corrected chi connectivity index (χ3v) is 4.42. The van der Waals surface area contributed by atoms with Crippen molar-refractivity contribution in [2.75, 3.05) is 6.61 Å². The molecule has 0 aromatic heterocycles. The van der Waals surface area contributed by atoms with Gasteiger partial charge >= 0.3 is 5.97 Å². The van der Waals surface area contributed by atoms with Crippen molar-refractivity contribution < 1.29 is 19.1 Å². The van der Waals surface area contributed by atoms with Gasteiger partial charge in [0.1, 0.15) is 0 Å². The molecule has 0 aromatic rings. The van der Waals surface area contributed by atoms with Gasteiger partial charge in [-0.3, -0.25) is 0 Å². The van der Waals surface area contributed by atoms with Crippen molar-refractivity contribution in [3.8, 4) is 0 Å². The lowest BCUT2D eigenvalue weighted by Crippen LogP contribution is -2.37. The molecule has 0 amide bonds. The highest BCUT2D eigenvalue weighted by atomic mass is 16.8. The Hall–Kier alpha value is -1.36. The molecule has 0 unspecified atom stereocenters. The van der Waals surface area contributed by atoms with E-state index in [4.69, 9.17) is 14.3 Å². The Morgan fingerprint density at radius 2 is 2.23 bits per heavy atom. The van der Waals surface area contributed by atoms with E-state index in [1.807, 2.05) is 0 Å². The van der Waals surface area contributed by atoms with Gasteiger partial charge in [0.2, 0.25) is 6.29 Å². The first-order chi connectivity index (χ1) is 10.5. The lowest BCUT2D eigenvalue weighted by atomic mass is 9.75. The molecule has 0 saturated heterocycles. The monoisotopic (exact) mass is 309 g/mol. The summed E-state index contributed by atoms with van der Waals surface area (Å²) in [7, 11) is 0. The Morgan fingerprint density at radius 1 is 1.45 bits per heavy atom. The molecule has 0 bridgehead atoms. The highest BCUT2D eigenvalue weighted by molar-refractivity contribution is 6.41. The highest BCUT2D eigenvalue weighted by Gasteiger charge is 2.33. The first-order valence-corrected chi connectivity index (χ1v) is 8.25. The van der Waals surface area contributed by atoms with Crippen molar-refractivity contribution in [3.05, 3.63) is 12.2 Å². The van der Waals surface area contributed by atoms with E-state index in [1.165, 1.54) is 12.8 Å². The zero-order chi connectivity index (χ0) is 16.1. The summed E-state index contributed by atoms with van der Waals surface area (Å²) in [6.07, 6.45) is 6.50. The molecule has 1 fully saturated rings. The fraction of sp³-hybridized carbons (Fsp3) is 0.765. The highest BCUT2D eigenvalue weighted by Crippen LogP contribution is 2.36. The number of rotatable bonds is 5. The largest absolute Gasteiger partial charge is 0.461 e. The van der Waals surface area contributed by atoms with Gasteiger partial charge in [0.15, 0.2) is 5.71 Å². The Kier molecular flexibility index (Phi) is 6.00. The van der Waals surface area contributed by atoms with E-state index in [9.17, 15) is 4.79 Å². The van der Waals surface area contributed by atoms with Gasteiger partial charge in [-0.05, 0) is 49.7 Å². The molecule has 22 heavy (non-hydrogen) atoms. The van der Waals surface area contributed by atoms with Crippen molar-refractivity contribution in [2.24, 2.45) is 22.9 Å². The smallest absolute Gasteiger partial charge is 0.360 e. The van der Waals surface area contributed by atoms with Crippen LogP contribution in [-0.2, 0) is 19.1 Å². The van der Waals surface area contributed by atoms with E-state index < -0.39 is 12.3 Å². The fourth-order valence-electron chi connectivity index (χ4n) is 3.17. The summed E-state index contributed by atoms with van der Waals surface area (Å²) in [5, 5.41) is 3.81. The average Bonchev–Trinajstić information content (AvgIpc) is 2.48. The molecule has 4 atom stereocenters. The molecule has 1 aliphatic heterocycles. The molecule has 0 radical (unpaired) electrons. The Labute approximate surface area is 132 Å². The van der Waals surface area contributed by atoms with Crippen molar-refractivity contribution >= 4 is 11.7 Å². The third-order valence-electron chi connectivity index (χ3n) is 4.42. The average molecular weight is 309 g/mol. The fourth-order valence-corrected chi connectivity index (χ4v) is 3.17. The van der Waals surface area contributed by atoms with Crippen LogP contribution in [-0.4, -0.2) is 30.7 Å². The summed E-state index contributed by atoms with van der Waals surface area (Å²) in [4.78, 5) is 16.9. The second-order valence-corrected chi connectivity index (χ2v) is 6.53. The lowest BCUT2D eigenvalue weighted by molar-refractivity contribution is -0.173. The topological polar surface area (TPSA) is 57.1 Å². The van der Waals surface area contributed by atoms with Gasteiger partial charge < -0.3 is 14.3 Å². The first kappa shape index (κ1) is 17.0. The van der Waals surface area contributed by atoms with Crippen molar-refractivity contribution in [2.45, 2.75) is 59.4 Å². The van der Waals surface area contributed by atoms with Crippen LogP contribution in [0.3, 0.4) is 0 Å². The standard InChI is InChI=1S/C17H27NO4/c1-5-20-17(19)14-8-9-16(22-18-14)21-15-10-12(4)6-7-13(15)11(2)3/h8-9,11-13,15-16H,5-7,10H2,1-4H3/t12-,13+,15-,16+/m1/s1. The van der Waals surface area contributed by atoms with E-state index in [0.717, 1.165) is 6.42 Å². The maximum absolute atomic E-state index is 11.6. The molecule has 0 spiro atoms. The van der Waals surface area contributed by atoms with Crippen LogP contribution in [0.4, 0.5) is 0 Å². The summed E-state index contributed by atoms with van der Waals surface area (Å²) in [5.41, 5.74) is 0.180. The SMILES string of the molecule is CCOC(=O)C1=NO[C@H](O[C@@H]2C[C@H](C)CC[C@H]2C(C)C)C=C1. The predicted octanol–water partition coefficient (Wildman–Crippen LogP) is 3.30. The molecule has 1 heterocycles. The molecule has 1 saturated carbocycles. The van der Waals surface area contributed by atoms with Crippen LogP contribution in [0.15, 0.2) is 17.3 Å². The lowest BCUT2D eigenvalue weighted by Gasteiger charge is -2.38. The number of carbonyl (C=O) groups is 1. The van der Waals surface area contributed by atoms with Gasteiger partial charge in [0, 0.05) is 0 Å². The second-order valence-electron chi connectivity index (χ2n) is 6.53. The molecule has 2 aliphatic rings. The normalized spacial score (nSPS) is 31.6. The van der Waals surface area contributed by atoms with Crippen LogP contribution >= 0.6 is 0 Å². The van der Waals surface area contributed by atoms with Gasteiger partial charge in [-0.25, -0.2) is 4.79 Å². The maximum Gasteiger partial charge on any atom is 0.360 e. The van der Waals surface area contributed by atoms with Gasteiger partial charge in [-0.1, -0.05) is 32.3 Å². The van der Waals surface area contributed by atoms with Crippen LogP contribution < -0.4 is 0 Å². The minimum Gasteiger partial charge on any atom is -0.461 e. The maximum atomic E-state index is 11.6. The van der Waals surface area contributed by atoms with E-state index >= 15 is 0 Å². The number of hydrogen-bond acceptors (Lipinski definition) is 5.